The molecule has 1 saturated heterocycles. The first-order valence-corrected chi connectivity index (χ1v) is 7.02. The van der Waals surface area contributed by atoms with E-state index in [4.69, 9.17) is 23.2 Å². The molecule has 1 aromatic rings. The molecule has 2 unspecified atom stereocenters. The van der Waals surface area contributed by atoms with Gasteiger partial charge in [-0.1, -0.05) is 30.1 Å². The van der Waals surface area contributed by atoms with Gasteiger partial charge in [-0.3, -0.25) is 0 Å². The lowest BCUT2D eigenvalue weighted by Gasteiger charge is -2.27. The van der Waals surface area contributed by atoms with Crippen molar-refractivity contribution < 1.29 is 0 Å². The Bertz CT molecular complexity index is 327. The third-order valence-corrected chi connectivity index (χ3v) is 5.13. The van der Waals surface area contributed by atoms with Gasteiger partial charge in [0.2, 0.25) is 0 Å². The van der Waals surface area contributed by atoms with Gasteiger partial charge in [0, 0.05) is 10.8 Å². The van der Waals surface area contributed by atoms with Gasteiger partial charge in [-0.05, 0) is 19.0 Å². The van der Waals surface area contributed by atoms with Crippen LogP contribution in [0.2, 0.25) is 8.67 Å². The first-order valence-electron chi connectivity index (χ1n) is 4.50. The third kappa shape index (κ3) is 2.39. The maximum Gasteiger partial charge on any atom is 0.100 e. The Labute approximate surface area is 102 Å². The van der Waals surface area contributed by atoms with Gasteiger partial charge < -0.3 is 5.32 Å². The number of hydrogen-bond donors (Lipinski definition) is 1. The summed E-state index contributed by atoms with van der Waals surface area (Å²) < 4.78 is 1.58. The molecule has 0 bridgehead atoms. The van der Waals surface area contributed by atoms with Crippen LogP contribution in [0, 0.1) is 0 Å². The Balaban J connectivity index is 2.17. The van der Waals surface area contributed by atoms with Crippen LogP contribution in [0.15, 0.2) is 6.07 Å². The molecule has 1 aliphatic heterocycles. The van der Waals surface area contributed by atoms with E-state index in [0.717, 1.165) is 20.8 Å². The average molecular weight is 268 g/mol. The molecule has 1 aliphatic rings. The smallest absolute Gasteiger partial charge is 0.100 e. The quantitative estimate of drug-likeness (QED) is 0.820. The fourth-order valence-corrected chi connectivity index (χ4v) is 4.42. The molecule has 78 valence electrons. The van der Waals surface area contributed by atoms with Gasteiger partial charge in [-0.25, -0.2) is 0 Å². The van der Waals surface area contributed by atoms with E-state index in [0.29, 0.717) is 10.6 Å². The Hall–Kier alpha value is 0.590. The summed E-state index contributed by atoms with van der Waals surface area (Å²) in [6, 6.07) is 1.97. The summed E-state index contributed by atoms with van der Waals surface area (Å²) in [4.78, 5) is 0. The van der Waals surface area contributed by atoms with E-state index in [1.165, 1.54) is 17.8 Å². The summed E-state index contributed by atoms with van der Waals surface area (Å²) in [5.41, 5.74) is 1.14. The zero-order chi connectivity index (χ0) is 10.1. The lowest BCUT2D eigenvalue weighted by molar-refractivity contribution is 0.606. The van der Waals surface area contributed by atoms with Gasteiger partial charge in [0.15, 0.2) is 0 Å². The first-order chi connectivity index (χ1) is 6.66. The summed E-state index contributed by atoms with van der Waals surface area (Å²) in [6.45, 7) is 3.31. The molecular weight excluding hydrogens is 257 g/mol. The molecule has 1 N–H and O–H groups in total. The topological polar surface area (TPSA) is 12.0 Å². The van der Waals surface area contributed by atoms with Crippen LogP contribution >= 0.6 is 46.3 Å². The Morgan fingerprint density at radius 1 is 1.50 bits per heavy atom. The van der Waals surface area contributed by atoms with Crippen molar-refractivity contribution in [1.29, 1.82) is 0 Å². The Kier molecular flexibility index (Phi) is 3.66. The molecule has 2 rings (SSSR count). The van der Waals surface area contributed by atoms with Gasteiger partial charge in [-0.2, -0.15) is 0 Å². The van der Waals surface area contributed by atoms with Crippen molar-refractivity contribution in [2.45, 2.75) is 24.0 Å². The summed E-state index contributed by atoms with van der Waals surface area (Å²) in [7, 11) is 0. The van der Waals surface area contributed by atoms with Crippen LogP contribution in [0.4, 0.5) is 0 Å². The van der Waals surface area contributed by atoms with Gasteiger partial charge in [0.05, 0.1) is 9.71 Å². The summed E-state index contributed by atoms with van der Waals surface area (Å²) in [5, 5.41) is 4.45. The molecule has 2 atom stereocenters. The van der Waals surface area contributed by atoms with Crippen molar-refractivity contribution >= 4 is 46.3 Å². The number of nitrogens with one attached hydrogen (secondary N) is 1. The molecule has 14 heavy (non-hydrogen) atoms. The molecule has 0 spiro atoms. The van der Waals surface area contributed by atoms with Crippen LogP contribution < -0.4 is 5.32 Å². The van der Waals surface area contributed by atoms with E-state index >= 15 is 0 Å². The minimum atomic E-state index is 0.315. The molecule has 1 aromatic heterocycles. The first kappa shape index (κ1) is 11.1. The van der Waals surface area contributed by atoms with Crippen LogP contribution in [-0.4, -0.2) is 11.8 Å². The minimum absolute atomic E-state index is 0.315. The standard InChI is InChI=1S/C9H11Cl2NS2/c1-5-2-3-12-9(13-5)6-4-7(10)14-8(6)11/h4-5,9,12H,2-3H2,1H3. The third-order valence-electron chi connectivity index (χ3n) is 2.21. The highest BCUT2D eigenvalue weighted by atomic mass is 35.5. The molecule has 0 amide bonds. The van der Waals surface area contributed by atoms with Crippen molar-refractivity contribution in [2.75, 3.05) is 6.54 Å². The van der Waals surface area contributed by atoms with Crippen molar-refractivity contribution in [3.8, 4) is 0 Å². The maximum absolute atomic E-state index is 6.11. The Morgan fingerprint density at radius 3 is 2.86 bits per heavy atom. The summed E-state index contributed by atoms with van der Waals surface area (Å²) >= 11 is 15.4. The van der Waals surface area contributed by atoms with Gasteiger partial charge >= 0.3 is 0 Å². The van der Waals surface area contributed by atoms with Crippen molar-refractivity contribution in [3.05, 3.63) is 20.3 Å². The van der Waals surface area contributed by atoms with Gasteiger partial charge in [-0.15, -0.1) is 23.1 Å². The predicted molar refractivity (Wildman–Crippen MR) is 66.8 cm³/mol. The second-order valence-corrected chi connectivity index (χ2v) is 7.18. The molecule has 0 radical (unpaired) electrons. The highest BCUT2D eigenvalue weighted by molar-refractivity contribution is 8.00. The lowest BCUT2D eigenvalue weighted by atomic mass is 10.3. The summed E-state index contributed by atoms with van der Waals surface area (Å²) in [5.74, 6) is 0. The Morgan fingerprint density at radius 2 is 2.29 bits per heavy atom. The molecule has 0 aromatic carbocycles. The number of halogens is 2. The van der Waals surface area contributed by atoms with E-state index in [9.17, 15) is 0 Å². The molecule has 5 heteroatoms. The highest BCUT2D eigenvalue weighted by Crippen LogP contribution is 2.42. The van der Waals surface area contributed by atoms with E-state index in [2.05, 4.69) is 12.2 Å². The number of thioether (sulfide) groups is 1. The minimum Gasteiger partial charge on any atom is -0.302 e. The predicted octanol–water partition coefficient (Wildman–Crippen LogP) is 4.17. The van der Waals surface area contributed by atoms with Crippen LogP contribution in [0.5, 0.6) is 0 Å². The highest BCUT2D eigenvalue weighted by Gasteiger charge is 2.23. The van der Waals surface area contributed by atoms with Crippen molar-refractivity contribution in [3.63, 3.8) is 0 Å². The zero-order valence-corrected chi connectivity index (χ0v) is 10.9. The molecule has 1 fully saturated rings. The zero-order valence-electron chi connectivity index (χ0n) is 7.72. The SMILES string of the molecule is CC1CCNC(c2cc(Cl)sc2Cl)S1. The largest absolute Gasteiger partial charge is 0.302 e. The molecule has 2 heterocycles. The normalized spacial score (nSPS) is 27.9. The van der Waals surface area contributed by atoms with E-state index in [1.54, 1.807) is 0 Å². The van der Waals surface area contributed by atoms with Gasteiger partial charge in [0.25, 0.3) is 0 Å². The second kappa shape index (κ2) is 4.62. The molecule has 1 nitrogen and oxygen atoms in total. The fourth-order valence-electron chi connectivity index (χ4n) is 1.48. The van der Waals surface area contributed by atoms with Crippen LogP contribution in [-0.2, 0) is 0 Å². The summed E-state index contributed by atoms with van der Waals surface area (Å²) in [6.07, 6.45) is 1.22. The monoisotopic (exact) mass is 267 g/mol. The number of thiophene rings is 1. The van der Waals surface area contributed by atoms with Crippen LogP contribution in [0.1, 0.15) is 24.3 Å². The molecular formula is C9H11Cl2NS2. The van der Waals surface area contributed by atoms with Crippen LogP contribution in [0.3, 0.4) is 0 Å². The van der Waals surface area contributed by atoms with Gasteiger partial charge in [0.1, 0.15) is 4.34 Å². The lowest BCUT2D eigenvalue weighted by Crippen LogP contribution is -2.28. The molecule has 0 saturated carbocycles. The number of hydrogen-bond acceptors (Lipinski definition) is 3. The average Bonchev–Trinajstić information content (AvgIpc) is 2.45. The van der Waals surface area contributed by atoms with Crippen molar-refractivity contribution in [1.82, 2.24) is 5.32 Å². The number of rotatable bonds is 1. The maximum atomic E-state index is 6.11. The van der Waals surface area contributed by atoms with Crippen molar-refractivity contribution in [2.24, 2.45) is 0 Å². The fraction of sp³-hybridized carbons (Fsp3) is 0.556. The van der Waals surface area contributed by atoms with E-state index < -0.39 is 0 Å². The van der Waals surface area contributed by atoms with E-state index in [1.807, 2.05) is 17.8 Å². The van der Waals surface area contributed by atoms with Crippen LogP contribution in [0.25, 0.3) is 0 Å². The molecule has 0 aliphatic carbocycles. The van der Waals surface area contributed by atoms with E-state index in [-0.39, 0.29) is 0 Å². The second-order valence-electron chi connectivity index (χ2n) is 3.35.